The van der Waals surface area contributed by atoms with Gasteiger partial charge in [-0.05, 0) is 128 Å². The molecule has 0 unspecified atom stereocenters. The zero-order valence-corrected chi connectivity index (χ0v) is 23.1. The van der Waals surface area contributed by atoms with Gasteiger partial charge in [-0.3, -0.25) is 19.8 Å². The van der Waals surface area contributed by atoms with Crippen LogP contribution in [0.4, 0.5) is 5.69 Å². The molecule has 168 valence electrons. The normalized spacial score (nSPS) is 15.4. The minimum absolute atomic E-state index is 0.0463. The lowest BCUT2D eigenvalue weighted by atomic mass is 10.1. The molecule has 0 spiro atoms. The van der Waals surface area contributed by atoms with Crippen LogP contribution in [0.5, 0.6) is 0 Å². The third kappa shape index (κ3) is 4.43. The van der Waals surface area contributed by atoms with Crippen LogP contribution in [0.2, 0.25) is 0 Å². The van der Waals surface area contributed by atoms with Crippen molar-refractivity contribution in [1.82, 2.24) is 9.88 Å². The molecule has 33 heavy (non-hydrogen) atoms. The van der Waals surface area contributed by atoms with Gasteiger partial charge >= 0.3 is 0 Å². The predicted octanol–water partition coefficient (Wildman–Crippen LogP) is 5.91. The fraction of sp³-hybridized carbons (Fsp3) is 0.160. The summed E-state index contributed by atoms with van der Waals surface area (Å²) < 4.78 is 4.23. The molecule has 8 heteroatoms. The number of hydrogen-bond acceptors (Lipinski definition) is 3. The van der Waals surface area contributed by atoms with E-state index >= 15 is 0 Å². The molecule has 0 saturated carbocycles. The Balaban J connectivity index is 1.78. The van der Waals surface area contributed by atoms with Gasteiger partial charge < -0.3 is 4.57 Å². The highest BCUT2D eigenvalue weighted by molar-refractivity contribution is 14.1. The fourth-order valence-corrected chi connectivity index (χ4v) is 5.09. The third-order valence-corrected chi connectivity index (χ3v) is 7.66. The van der Waals surface area contributed by atoms with E-state index in [9.17, 15) is 9.59 Å². The average Bonchev–Trinajstić information content (AvgIpc) is 3.02. The number of carbonyl (C=O) groups is 2. The van der Waals surface area contributed by atoms with Gasteiger partial charge in [0.15, 0.2) is 5.11 Å². The quantitative estimate of drug-likeness (QED) is 0.169. The van der Waals surface area contributed by atoms with Crippen molar-refractivity contribution in [3.05, 3.63) is 84.2 Å². The highest BCUT2D eigenvalue weighted by atomic mass is 127. The van der Waals surface area contributed by atoms with E-state index in [1.54, 1.807) is 6.08 Å². The number of aryl methyl sites for hydroxylation is 3. The van der Waals surface area contributed by atoms with Crippen molar-refractivity contribution in [3.63, 3.8) is 0 Å². The number of nitrogens with zero attached hydrogens (tertiary/aromatic N) is 2. The first-order chi connectivity index (χ1) is 15.6. The van der Waals surface area contributed by atoms with Crippen LogP contribution in [0.25, 0.3) is 11.8 Å². The van der Waals surface area contributed by atoms with Gasteiger partial charge in [0.05, 0.1) is 5.69 Å². The van der Waals surface area contributed by atoms with Crippen molar-refractivity contribution < 1.29 is 9.59 Å². The molecular weight excluding hydrogens is 613 g/mol. The summed E-state index contributed by atoms with van der Waals surface area (Å²) in [5.41, 5.74) is 6.55. The number of thiocarbonyl (C=S) groups is 1. The maximum atomic E-state index is 13.4. The number of carbonyl (C=O) groups excluding carboxylic acids is 2. The second kappa shape index (κ2) is 9.15. The van der Waals surface area contributed by atoms with Gasteiger partial charge in [0.25, 0.3) is 11.8 Å². The molecule has 1 aliphatic rings. The summed E-state index contributed by atoms with van der Waals surface area (Å²) in [6, 6.07) is 13.8. The topological polar surface area (TPSA) is 54.3 Å². The van der Waals surface area contributed by atoms with Crippen LogP contribution in [-0.4, -0.2) is 21.5 Å². The molecule has 1 aromatic heterocycles. The summed E-state index contributed by atoms with van der Waals surface area (Å²) >= 11 is 11.1. The van der Waals surface area contributed by atoms with Crippen molar-refractivity contribution in [2.24, 2.45) is 0 Å². The zero-order valence-electron chi connectivity index (χ0n) is 18.5. The second-order valence-corrected chi connectivity index (χ2v) is 10.4. The van der Waals surface area contributed by atoms with Crippen molar-refractivity contribution >= 4 is 79.4 Å². The Kier molecular flexibility index (Phi) is 6.61. The number of hydrogen-bond donors (Lipinski definition) is 1. The molecule has 2 aromatic carbocycles. The molecular formula is C25H21BrIN3O2S. The monoisotopic (exact) mass is 633 g/mol. The fourth-order valence-electron chi connectivity index (χ4n) is 4.00. The Labute approximate surface area is 220 Å². The molecule has 0 bridgehead atoms. The van der Waals surface area contributed by atoms with E-state index in [0.717, 1.165) is 32.7 Å². The molecule has 1 aliphatic heterocycles. The van der Waals surface area contributed by atoms with E-state index in [-0.39, 0.29) is 10.7 Å². The Bertz CT molecular complexity index is 1380. The van der Waals surface area contributed by atoms with Crippen LogP contribution in [0.3, 0.4) is 0 Å². The number of anilines is 1. The van der Waals surface area contributed by atoms with Crippen LogP contribution in [0.1, 0.15) is 28.1 Å². The van der Waals surface area contributed by atoms with Crippen LogP contribution in [-0.2, 0) is 9.59 Å². The van der Waals surface area contributed by atoms with Gasteiger partial charge in [0, 0.05) is 25.1 Å². The SMILES string of the molecule is Cc1cc(-n2c(C)cc(/C=C3/C(=O)NC(=S)N(c4ccc(Br)cc4C)C3=O)c2C)ccc1I. The van der Waals surface area contributed by atoms with Gasteiger partial charge in [0.1, 0.15) is 5.57 Å². The number of aromatic nitrogens is 1. The minimum Gasteiger partial charge on any atom is -0.318 e. The first-order valence-electron chi connectivity index (χ1n) is 10.2. The van der Waals surface area contributed by atoms with Crippen molar-refractivity contribution in [2.75, 3.05) is 4.90 Å². The molecule has 4 rings (SSSR count). The van der Waals surface area contributed by atoms with Crippen LogP contribution >= 0.6 is 50.7 Å². The van der Waals surface area contributed by atoms with E-state index in [2.05, 4.69) is 73.5 Å². The Morgan fingerprint density at radius 3 is 2.39 bits per heavy atom. The molecule has 0 radical (unpaired) electrons. The highest BCUT2D eigenvalue weighted by Crippen LogP contribution is 2.29. The summed E-state index contributed by atoms with van der Waals surface area (Å²) in [6.07, 6.45) is 1.65. The summed E-state index contributed by atoms with van der Waals surface area (Å²) in [4.78, 5) is 27.6. The molecule has 0 aliphatic carbocycles. The smallest absolute Gasteiger partial charge is 0.270 e. The lowest BCUT2D eigenvalue weighted by Gasteiger charge is -2.30. The molecule has 5 nitrogen and oxygen atoms in total. The van der Waals surface area contributed by atoms with E-state index in [1.807, 2.05) is 45.0 Å². The van der Waals surface area contributed by atoms with Crippen LogP contribution < -0.4 is 10.2 Å². The Morgan fingerprint density at radius 1 is 1.00 bits per heavy atom. The number of amides is 2. The summed E-state index contributed by atoms with van der Waals surface area (Å²) in [5, 5.41) is 2.74. The van der Waals surface area contributed by atoms with E-state index < -0.39 is 11.8 Å². The predicted molar refractivity (Wildman–Crippen MR) is 148 cm³/mol. The highest BCUT2D eigenvalue weighted by Gasteiger charge is 2.35. The van der Waals surface area contributed by atoms with Crippen molar-refractivity contribution in [3.8, 4) is 5.69 Å². The van der Waals surface area contributed by atoms with Gasteiger partial charge in [0.2, 0.25) is 0 Å². The van der Waals surface area contributed by atoms with Crippen molar-refractivity contribution in [2.45, 2.75) is 27.7 Å². The molecule has 1 fully saturated rings. The third-order valence-electron chi connectivity index (χ3n) is 5.67. The standard InChI is InChI=1S/C25H21BrIN3O2S/c1-13-10-19(6-7-21(13)27)29-15(3)11-17(16(29)4)12-20-23(31)28-25(33)30(24(20)32)22-8-5-18(26)9-14(22)2/h5-12H,1-4H3,(H,28,31,33)/b20-12-. The molecule has 0 atom stereocenters. The van der Waals surface area contributed by atoms with E-state index in [0.29, 0.717) is 5.69 Å². The number of nitrogens with one attached hydrogen (secondary N) is 1. The largest absolute Gasteiger partial charge is 0.318 e. The number of halogens is 2. The van der Waals surface area contributed by atoms with Gasteiger partial charge in [-0.15, -0.1) is 0 Å². The molecule has 1 saturated heterocycles. The van der Waals surface area contributed by atoms with Gasteiger partial charge in [-0.1, -0.05) is 15.9 Å². The lowest BCUT2D eigenvalue weighted by Crippen LogP contribution is -2.54. The summed E-state index contributed by atoms with van der Waals surface area (Å²) in [7, 11) is 0. The zero-order chi connectivity index (χ0) is 24.0. The maximum Gasteiger partial charge on any atom is 0.270 e. The first kappa shape index (κ1) is 23.8. The molecule has 3 aromatic rings. The van der Waals surface area contributed by atoms with E-state index in [1.165, 1.54) is 14.0 Å². The van der Waals surface area contributed by atoms with Gasteiger partial charge in [-0.2, -0.15) is 0 Å². The van der Waals surface area contributed by atoms with Gasteiger partial charge in [-0.25, -0.2) is 0 Å². The molecule has 1 N–H and O–H groups in total. The van der Waals surface area contributed by atoms with E-state index in [4.69, 9.17) is 12.2 Å². The average molecular weight is 634 g/mol. The molecule has 2 amide bonds. The lowest BCUT2D eigenvalue weighted by molar-refractivity contribution is -0.122. The summed E-state index contributed by atoms with van der Waals surface area (Å²) in [5.74, 6) is -0.935. The number of rotatable bonds is 3. The second-order valence-electron chi connectivity index (χ2n) is 7.98. The first-order valence-corrected chi connectivity index (χ1v) is 12.5. The Morgan fingerprint density at radius 2 is 1.73 bits per heavy atom. The van der Waals surface area contributed by atoms with Crippen LogP contribution in [0.15, 0.2) is 52.5 Å². The van der Waals surface area contributed by atoms with Crippen molar-refractivity contribution in [1.29, 1.82) is 0 Å². The van der Waals surface area contributed by atoms with Crippen LogP contribution in [0, 0.1) is 31.3 Å². The Hall–Kier alpha value is -2.30. The number of benzene rings is 2. The maximum absolute atomic E-state index is 13.4. The summed E-state index contributed by atoms with van der Waals surface area (Å²) in [6.45, 7) is 7.97. The minimum atomic E-state index is -0.495. The molecule has 2 heterocycles.